The van der Waals surface area contributed by atoms with Crippen LogP contribution in [-0.2, 0) is 9.53 Å². The van der Waals surface area contributed by atoms with E-state index in [9.17, 15) is 9.90 Å². The van der Waals surface area contributed by atoms with Crippen molar-refractivity contribution in [2.24, 2.45) is 11.8 Å². The lowest BCUT2D eigenvalue weighted by Gasteiger charge is -2.51. The molecule has 0 aromatic rings. The first-order chi connectivity index (χ1) is 8.92. The summed E-state index contributed by atoms with van der Waals surface area (Å²) in [5, 5.41) is 10.7. The maximum atomic E-state index is 12.1. The molecule has 19 heavy (non-hydrogen) atoms. The number of hydrogen-bond acceptors (Lipinski definition) is 3. The quantitative estimate of drug-likeness (QED) is 0.794. The standard InChI is InChI=1S/C16H28O3/c1-4-12(3)14(17)19-16-8-6-7-15(18,11-16)9-13(5-2)10-16/h12-13,18H,4-11H2,1-3H3/t12-,13?,15?,16+/m1/s1. The van der Waals surface area contributed by atoms with E-state index in [1.807, 2.05) is 13.8 Å². The molecule has 0 spiro atoms. The number of aliphatic hydroxyl groups is 1. The Bertz CT molecular complexity index is 341. The lowest BCUT2D eigenvalue weighted by molar-refractivity contribution is -0.196. The number of rotatable bonds is 4. The van der Waals surface area contributed by atoms with Crippen LogP contribution >= 0.6 is 0 Å². The molecule has 3 nitrogen and oxygen atoms in total. The molecule has 0 aliphatic heterocycles. The van der Waals surface area contributed by atoms with Gasteiger partial charge in [-0.05, 0) is 44.4 Å². The van der Waals surface area contributed by atoms with Gasteiger partial charge < -0.3 is 9.84 Å². The van der Waals surface area contributed by atoms with Gasteiger partial charge in [0.05, 0.1) is 11.5 Å². The van der Waals surface area contributed by atoms with E-state index < -0.39 is 5.60 Å². The molecule has 2 bridgehead atoms. The van der Waals surface area contributed by atoms with Gasteiger partial charge in [-0.2, -0.15) is 0 Å². The summed E-state index contributed by atoms with van der Waals surface area (Å²) in [5.74, 6) is 0.374. The number of ether oxygens (including phenoxy) is 1. The predicted molar refractivity (Wildman–Crippen MR) is 74.7 cm³/mol. The topological polar surface area (TPSA) is 46.5 Å². The molecule has 2 unspecified atom stereocenters. The van der Waals surface area contributed by atoms with Crippen molar-refractivity contribution in [1.82, 2.24) is 0 Å². The fourth-order valence-corrected chi connectivity index (χ4v) is 3.90. The Morgan fingerprint density at radius 3 is 2.74 bits per heavy atom. The zero-order chi connectivity index (χ0) is 14.1. The van der Waals surface area contributed by atoms with E-state index in [1.165, 1.54) is 0 Å². The van der Waals surface area contributed by atoms with Crippen molar-refractivity contribution < 1.29 is 14.6 Å². The summed E-state index contributed by atoms with van der Waals surface area (Å²) in [5.41, 5.74) is -0.973. The maximum absolute atomic E-state index is 12.1. The number of carbonyl (C=O) groups excluding carboxylic acids is 1. The third kappa shape index (κ3) is 3.13. The van der Waals surface area contributed by atoms with Crippen molar-refractivity contribution in [3.8, 4) is 0 Å². The number of carbonyl (C=O) groups is 1. The average Bonchev–Trinajstić information content (AvgIpc) is 2.35. The van der Waals surface area contributed by atoms with Gasteiger partial charge in [-0.25, -0.2) is 0 Å². The lowest BCUT2D eigenvalue weighted by Crippen LogP contribution is -2.54. The Hall–Kier alpha value is -0.570. The Kier molecular flexibility index (Phi) is 4.24. The Labute approximate surface area is 116 Å². The van der Waals surface area contributed by atoms with Crippen LogP contribution in [0.5, 0.6) is 0 Å². The van der Waals surface area contributed by atoms with Gasteiger partial charge in [0.15, 0.2) is 0 Å². The van der Waals surface area contributed by atoms with Gasteiger partial charge in [0.2, 0.25) is 0 Å². The summed E-state index contributed by atoms with van der Waals surface area (Å²) >= 11 is 0. The molecule has 0 aromatic heterocycles. The van der Waals surface area contributed by atoms with Crippen molar-refractivity contribution in [1.29, 1.82) is 0 Å². The van der Waals surface area contributed by atoms with Crippen LogP contribution in [-0.4, -0.2) is 22.3 Å². The fourth-order valence-electron chi connectivity index (χ4n) is 3.90. The smallest absolute Gasteiger partial charge is 0.309 e. The lowest BCUT2D eigenvalue weighted by atomic mass is 9.62. The molecule has 2 aliphatic rings. The maximum Gasteiger partial charge on any atom is 0.309 e. The Morgan fingerprint density at radius 1 is 1.37 bits per heavy atom. The molecule has 0 radical (unpaired) electrons. The molecule has 110 valence electrons. The first kappa shape index (κ1) is 14.8. The molecule has 0 heterocycles. The molecule has 3 heteroatoms. The molecule has 0 aromatic carbocycles. The van der Waals surface area contributed by atoms with Gasteiger partial charge in [0.25, 0.3) is 0 Å². The number of fused-ring (bicyclic) bond motifs is 2. The van der Waals surface area contributed by atoms with Crippen molar-refractivity contribution in [2.75, 3.05) is 0 Å². The van der Waals surface area contributed by atoms with Crippen LogP contribution in [0.15, 0.2) is 0 Å². The van der Waals surface area contributed by atoms with Crippen LogP contribution < -0.4 is 0 Å². The molecule has 0 saturated heterocycles. The summed E-state index contributed by atoms with van der Waals surface area (Å²) in [7, 11) is 0. The number of hydrogen-bond donors (Lipinski definition) is 1. The molecule has 4 atom stereocenters. The van der Waals surface area contributed by atoms with Gasteiger partial charge in [0.1, 0.15) is 5.60 Å². The van der Waals surface area contributed by atoms with Crippen LogP contribution in [0.4, 0.5) is 0 Å². The van der Waals surface area contributed by atoms with E-state index in [-0.39, 0.29) is 17.5 Å². The second-order valence-corrected chi connectivity index (χ2v) is 6.85. The van der Waals surface area contributed by atoms with E-state index in [2.05, 4.69) is 6.92 Å². The Morgan fingerprint density at radius 2 is 2.11 bits per heavy atom. The molecule has 2 fully saturated rings. The van der Waals surface area contributed by atoms with E-state index in [1.54, 1.807) is 0 Å². The average molecular weight is 268 g/mol. The Balaban J connectivity index is 2.13. The first-order valence-electron chi connectivity index (χ1n) is 7.87. The highest BCUT2D eigenvalue weighted by atomic mass is 16.6. The van der Waals surface area contributed by atoms with E-state index in [0.717, 1.165) is 44.9 Å². The minimum atomic E-state index is -0.590. The van der Waals surface area contributed by atoms with Crippen molar-refractivity contribution in [2.45, 2.75) is 83.3 Å². The highest BCUT2D eigenvalue weighted by molar-refractivity contribution is 5.72. The third-order valence-electron chi connectivity index (χ3n) is 5.16. The summed E-state index contributed by atoms with van der Waals surface area (Å²) in [6.45, 7) is 6.10. The number of esters is 1. The van der Waals surface area contributed by atoms with Gasteiger partial charge in [0, 0.05) is 6.42 Å². The van der Waals surface area contributed by atoms with Crippen LogP contribution in [0.3, 0.4) is 0 Å². The van der Waals surface area contributed by atoms with E-state index >= 15 is 0 Å². The molecule has 1 N–H and O–H groups in total. The summed E-state index contributed by atoms with van der Waals surface area (Å²) < 4.78 is 5.90. The molecule has 0 amide bonds. The zero-order valence-electron chi connectivity index (χ0n) is 12.6. The molecule has 2 rings (SSSR count). The van der Waals surface area contributed by atoms with Gasteiger partial charge >= 0.3 is 5.97 Å². The second-order valence-electron chi connectivity index (χ2n) is 6.85. The molecular formula is C16H28O3. The highest BCUT2D eigenvalue weighted by Gasteiger charge is 2.52. The van der Waals surface area contributed by atoms with Crippen molar-refractivity contribution >= 4 is 5.97 Å². The monoisotopic (exact) mass is 268 g/mol. The summed E-state index contributed by atoms with van der Waals surface area (Å²) in [6, 6.07) is 0. The van der Waals surface area contributed by atoms with E-state index in [4.69, 9.17) is 4.74 Å². The largest absolute Gasteiger partial charge is 0.459 e. The van der Waals surface area contributed by atoms with Gasteiger partial charge in [-0.3, -0.25) is 4.79 Å². The van der Waals surface area contributed by atoms with Crippen LogP contribution in [0.2, 0.25) is 0 Å². The minimum absolute atomic E-state index is 0.0357. The first-order valence-corrected chi connectivity index (χ1v) is 7.87. The van der Waals surface area contributed by atoms with Crippen LogP contribution in [0.1, 0.15) is 72.1 Å². The normalized spacial score (nSPS) is 39.7. The van der Waals surface area contributed by atoms with E-state index in [0.29, 0.717) is 12.3 Å². The highest BCUT2D eigenvalue weighted by Crippen LogP contribution is 2.50. The molecule has 2 saturated carbocycles. The minimum Gasteiger partial charge on any atom is -0.459 e. The fraction of sp³-hybridized carbons (Fsp3) is 0.938. The van der Waals surface area contributed by atoms with Gasteiger partial charge in [-0.15, -0.1) is 0 Å². The van der Waals surface area contributed by atoms with Crippen LogP contribution in [0, 0.1) is 11.8 Å². The summed E-state index contributed by atoms with van der Waals surface area (Å²) in [6.07, 6.45) is 7.11. The van der Waals surface area contributed by atoms with Crippen molar-refractivity contribution in [3.05, 3.63) is 0 Å². The van der Waals surface area contributed by atoms with Gasteiger partial charge in [-0.1, -0.05) is 27.2 Å². The molecular weight excluding hydrogens is 240 g/mol. The molecule has 2 aliphatic carbocycles. The summed E-state index contributed by atoms with van der Waals surface area (Å²) in [4.78, 5) is 12.1. The second kappa shape index (κ2) is 5.43. The predicted octanol–water partition coefficient (Wildman–Crippen LogP) is 3.44. The van der Waals surface area contributed by atoms with Crippen molar-refractivity contribution in [3.63, 3.8) is 0 Å². The van der Waals surface area contributed by atoms with Crippen LogP contribution in [0.25, 0.3) is 0 Å². The zero-order valence-corrected chi connectivity index (χ0v) is 12.6. The third-order valence-corrected chi connectivity index (χ3v) is 5.16. The SMILES string of the molecule is CCC1CC2(O)CCC[C@](OC(=O)[C@H](C)CC)(C1)C2.